The number of amides is 2. The van der Waals surface area contributed by atoms with Gasteiger partial charge < -0.3 is 14.7 Å². The molecule has 0 spiro atoms. The van der Waals surface area contributed by atoms with E-state index in [0.29, 0.717) is 0 Å². The first kappa shape index (κ1) is 22.8. The second kappa shape index (κ2) is 9.62. The van der Waals surface area contributed by atoms with Gasteiger partial charge in [-0.05, 0) is 22.3 Å². The van der Waals surface area contributed by atoms with Crippen molar-refractivity contribution in [2.24, 2.45) is 7.05 Å². The van der Waals surface area contributed by atoms with Crippen molar-refractivity contribution in [2.45, 2.75) is 5.92 Å². The van der Waals surface area contributed by atoms with Crippen LogP contribution < -0.4 is 5.32 Å². The van der Waals surface area contributed by atoms with E-state index in [1.807, 2.05) is 48.5 Å². The van der Waals surface area contributed by atoms with Crippen LogP contribution in [0.1, 0.15) is 27.4 Å². The summed E-state index contributed by atoms with van der Waals surface area (Å²) in [7, 11) is 1.59. The normalized spacial score (nSPS) is 11.9. The van der Waals surface area contributed by atoms with E-state index in [2.05, 4.69) is 17.0 Å². The van der Waals surface area contributed by atoms with E-state index in [0.717, 1.165) is 27.2 Å². The van der Waals surface area contributed by atoms with Crippen LogP contribution >= 0.6 is 0 Å². The van der Waals surface area contributed by atoms with Crippen molar-refractivity contribution >= 4 is 23.8 Å². The summed E-state index contributed by atoms with van der Waals surface area (Å²) in [6.07, 6.45) is 2.08. The Balaban J connectivity index is 1.48. The minimum Gasteiger partial charge on any atom is -0.480 e. The molecule has 1 aliphatic rings. The summed E-state index contributed by atoms with van der Waals surface area (Å²) in [6.45, 7) is 3.19. The Bertz CT molecular complexity index is 1220. The van der Waals surface area contributed by atoms with Crippen LogP contribution in [-0.2, 0) is 16.6 Å². The van der Waals surface area contributed by atoms with Crippen LogP contribution in [0.4, 0.5) is 10.6 Å². The number of rotatable bonds is 8. The van der Waals surface area contributed by atoms with Gasteiger partial charge in [0.1, 0.15) is 18.7 Å². The van der Waals surface area contributed by atoms with E-state index in [1.54, 1.807) is 7.05 Å². The number of aromatic nitrogens is 2. The van der Waals surface area contributed by atoms with Gasteiger partial charge in [-0.15, -0.1) is 6.58 Å². The van der Waals surface area contributed by atoms with Gasteiger partial charge in [0.05, 0.1) is 0 Å². The van der Waals surface area contributed by atoms with Gasteiger partial charge in [-0.25, -0.2) is 4.79 Å². The number of ether oxygens (including phenoxy) is 1. The Hall–Kier alpha value is -4.40. The molecule has 4 rings (SSSR count). The Kier molecular flexibility index (Phi) is 6.44. The van der Waals surface area contributed by atoms with Gasteiger partial charge in [0, 0.05) is 25.7 Å². The molecule has 0 unspecified atom stereocenters. The SMILES string of the molecule is C=CCN(CC(=O)O)C(=O)c1cn(C)nc1NC(=O)OCC1c2ccccc2-c2ccccc21. The predicted octanol–water partition coefficient (Wildman–Crippen LogP) is 3.49. The number of carboxylic acids is 1. The maximum atomic E-state index is 12.9. The first-order chi connectivity index (χ1) is 16.4. The van der Waals surface area contributed by atoms with Crippen molar-refractivity contribution in [3.8, 4) is 11.1 Å². The zero-order valence-corrected chi connectivity index (χ0v) is 18.6. The van der Waals surface area contributed by atoms with Crippen LogP contribution in [0.15, 0.2) is 67.4 Å². The molecule has 0 atom stereocenters. The molecule has 34 heavy (non-hydrogen) atoms. The molecule has 1 heterocycles. The molecule has 0 aliphatic heterocycles. The molecule has 2 aromatic carbocycles. The van der Waals surface area contributed by atoms with Crippen molar-refractivity contribution in [1.82, 2.24) is 14.7 Å². The molecule has 0 saturated carbocycles. The third-order valence-corrected chi connectivity index (χ3v) is 5.59. The van der Waals surface area contributed by atoms with Crippen molar-refractivity contribution < 1.29 is 24.2 Å². The van der Waals surface area contributed by atoms with Crippen LogP contribution in [0.2, 0.25) is 0 Å². The van der Waals surface area contributed by atoms with Crippen LogP contribution in [0, 0.1) is 0 Å². The van der Waals surface area contributed by atoms with Gasteiger partial charge in [-0.3, -0.25) is 19.6 Å². The molecule has 2 amide bonds. The van der Waals surface area contributed by atoms with Crippen molar-refractivity contribution in [3.05, 3.63) is 84.1 Å². The van der Waals surface area contributed by atoms with Gasteiger partial charge in [0.25, 0.3) is 5.91 Å². The number of fused-ring (bicyclic) bond motifs is 3. The number of aliphatic carboxylic acids is 1. The average Bonchev–Trinajstić information content (AvgIpc) is 3.34. The van der Waals surface area contributed by atoms with E-state index >= 15 is 0 Å². The maximum Gasteiger partial charge on any atom is 0.412 e. The number of carboxylic acid groups (broad SMARTS) is 1. The van der Waals surface area contributed by atoms with E-state index in [9.17, 15) is 14.4 Å². The molecule has 0 saturated heterocycles. The Morgan fingerprint density at radius 1 is 1.15 bits per heavy atom. The molecular formula is C25H24N4O5. The van der Waals surface area contributed by atoms with Crippen LogP contribution in [0.5, 0.6) is 0 Å². The number of carbonyl (C=O) groups excluding carboxylic acids is 2. The third kappa shape index (κ3) is 4.54. The van der Waals surface area contributed by atoms with Crippen molar-refractivity contribution in [2.75, 3.05) is 25.0 Å². The summed E-state index contributed by atoms with van der Waals surface area (Å²) in [6, 6.07) is 16.0. The molecule has 9 nitrogen and oxygen atoms in total. The van der Waals surface area contributed by atoms with Gasteiger partial charge in [-0.2, -0.15) is 5.10 Å². The lowest BCUT2D eigenvalue weighted by Crippen LogP contribution is -2.36. The number of nitrogens with zero attached hydrogens (tertiary/aromatic N) is 3. The van der Waals surface area contributed by atoms with E-state index < -0.39 is 24.5 Å². The highest BCUT2D eigenvalue weighted by Crippen LogP contribution is 2.44. The second-order valence-corrected chi connectivity index (χ2v) is 7.88. The Morgan fingerprint density at radius 3 is 2.35 bits per heavy atom. The maximum absolute atomic E-state index is 12.9. The van der Waals surface area contributed by atoms with Crippen molar-refractivity contribution in [1.29, 1.82) is 0 Å². The zero-order chi connectivity index (χ0) is 24.2. The summed E-state index contributed by atoms with van der Waals surface area (Å²) in [5.74, 6) is -1.87. The summed E-state index contributed by atoms with van der Waals surface area (Å²) < 4.78 is 6.89. The standard InChI is InChI=1S/C25H24N4O5/c1-3-12-29(14-22(30)31)24(32)20-13-28(2)27-23(20)26-25(33)34-15-21-18-10-6-4-8-16(18)17-9-5-7-11-19(17)21/h3-11,13,21H,1,12,14-15H2,2H3,(H,30,31)(H,26,27,33). The number of carbonyl (C=O) groups is 3. The van der Waals surface area contributed by atoms with E-state index in [1.165, 1.54) is 17.0 Å². The lowest BCUT2D eigenvalue weighted by atomic mass is 9.98. The molecule has 1 aliphatic carbocycles. The zero-order valence-electron chi connectivity index (χ0n) is 18.6. The van der Waals surface area contributed by atoms with E-state index in [4.69, 9.17) is 9.84 Å². The van der Waals surface area contributed by atoms with Gasteiger partial charge in [-0.1, -0.05) is 54.6 Å². The van der Waals surface area contributed by atoms with Gasteiger partial charge in [0.2, 0.25) is 0 Å². The number of hydrogen-bond donors (Lipinski definition) is 2. The molecule has 0 fully saturated rings. The fourth-order valence-electron chi connectivity index (χ4n) is 4.18. The highest BCUT2D eigenvalue weighted by atomic mass is 16.5. The van der Waals surface area contributed by atoms with Gasteiger partial charge >= 0.3 is 12.1 Å². The number of nitrogens with one attached hydrogen (secondary N) is 1. The summed E-state index contributed by atoms with van der Waals surface area (Å²) >= 11 is 0. The molecule has 0 bridgehead atoms. The smallest absolute Gasteiger partial charge is 0.412 e. The molecule has 2 N–H and O–H groups in total. The third-order valence-electron chi connectivity index (χ3n) is 5.59. The van der Waals surface area contributed by atoms with E-state index in [-0.39, 0.29) is 30.5 Å². The lowest BCUT2D eigenvalue weighted by Gasteiger charge is -2.18. The summed E-state index contributed by atoms with van der Waals surface area (Å²) in [5.41, 5.74) is 4.45. The first-order valence-electron chi connectivity index (χ1n) is 10.7. The molecule has 3 aromatic rings. The van der Waals surface area contributed by atoms with Crippen LogP contribution in [0.3, 0.4) is 0 Å². The predicted molar refractivity (Wildman–Crippen MR) is 126 cm³/mol. The molecule has 1 aromatic heterocycles. The number of hydrogen-bond acceptors (Lipinski definition) is 5. The first-order valence-corrected chi connectivity index (χ1v) is 10.7. The monoisotopic (exact) mass is 460 g/mol. The fraction of sp³-hybridized carbons (Fsp3) is 0.200. The number of aryl methyl sites for hydroxylation is 1. The molecule has 174 valence electrons. The fourth-order valence-corrected chi connectivity index (χ4v) is 4.18. The topological polar surface area (TPSA) is 114 Å². The number of benzene rings is 2. The Morgan fingerprint density at radius 2 is 1.76 bits per heavy atom. The Labute approximate surface area is 196 Å². The van der Waals surface area contributed by atoms with Gasteiger partial charge in [0.15, 0.2) is 5.82 Å². The van der Waals surface area contributed by atoms with Crippen molar-refractivity contribution in [3.63, 3.8) is 0 Å². The highest BCUT2D eigenvalue weighted by molar-refractivity contribution is 6.02. The lowest BCUT2D eigenvalue weighted by molar-refractivity contribution is -0.137. The quantitative estimate of drug-likeness (QED) is 0.498. The summed E-state index contributed by atoms with van der Waals surface area (Å²) in [5, 5.41) is 15.8. The van der Waals surface area contributed by atoms with Crippen LogP contribution in [0.25, 0.3) is 11.1 Å². The van der Waals surface area contributed by atoms with Crippen LogP contribution in [-0.4, -0.2) is 57.5 Å². The second-order valence-electron chi connectivity index (χ2n) is 7.88. The number of anilines is 1. The minimum atomic E-state index is -1.16. The minimum absolute atomic E-state index is 0.0100. The molecule has 0 radical (unpaired) electrons. The summed E-state index contributed by atoms with van der Waals surface area (Å²) in [4.78, 5) is 37.8. The average molecular weight is 460 g/mol. The molecular weight excluding hydrogens is 436 g/mol. The molecule has 9 heteroatoms. The largest absolute Gasteiger partial charge is 0.480 e. The highest BCUT2D eigenvalue weighted by Gasteiger charge is 2.29.